The molecular weight excluding hydrogens is 458 g/mol. The fourth-order valence-electron chi connectivity index (χ4n) is 2.94. The summed E-state index contributed by atoms with van der Waals surface area (Å²) >= 11 is 5.09. The van der Waals surface area contributed by atoms with Gasteiger partial charge in [0.2, 0.25) is 0 Å². The van der Waals surface area contributed by atoms with Crippen molar-refractivity contribution < 1.29 is 4.79 Å². The van der Waals surface area contributed by atoms with Crippen molar-refractivity contribution in [1.82, 2.24) is 9.88 Å². The third kappa shape index (κ3) is 4.92. The highest BCUT2D eigenvalue weighted by atomic mass is 79.9. The molecule has 0 saturated heterocycles. The number of benzene rings is 2. The summed E-state index contributed by atoms with van der Waals surface area (Å²) in [5.74, 6) is -0.0188. The molecule has 0 atom stereocenters. The number of hydrogen-bond acceptors (Lipinski definition) is 4. The normalized spacial score (nSPS) is 10.9. The van der Waals surface area contributed by atoms with Gasteiger partial charge in [-0.2, -0.15) is 0 Å². The highest BCUT2D eigenvalue weighted by Crippen LogP contribution is 2.33. The van der Waals surface area contributed by atoms with E-state index in [0.717, 1.165) is 32.8 Å². The lowest BCUT2D eigenvalue weighted by atomic mass is 10.1. The first-order valence-electron chi connectivity index (χ1n) is 8.96. The van der Waals surface area contributed by atoms with Crippen molar-refractivity contribution in [3.05, 3.63) is 57.6 Å². The molecule has 0 unspecified atom stereocenters. The minimum absolute atomic E-state index is 0. The van der Waals surface area contributed by atoms with Crippen molar-refractivity contribution in [2.24, 2.45) is 0 Å². The molecule has 7 heteroatoms. The van der Waals surface area contributed by atoms with E-state index < -0.39 is 0 Å². The number of anilines is 1. The first-order valence-corrected chi connectivity index (χ1v) is 10.6. The SMILES string of the molecule is Cc1ccc2sc(N(CCCN(C)C)C(=O)c3ccccc3Br)nc2c1C.Cl. The highest BCUT2D eigenvalue weighted by molar-refractivity contribution is 9.10. The van der Waals surface area contributed by atoms with E-state index >= 15 is 0 Å². The van der Waals surface area contributed by atoms with Gasteiger partial charge in [-0.05, 0) is 86.2 Å². The fourth-order valence-corrected chi connectivity index (χ4v) is 4.44. The third-order valence-electron chi connectivity index (χ3n) is 4.64. The molecule has 0 fully saturated rings. The summed E-state index contributed by atoms with van der Waals surface area (Å²) in [4.78, 5) is 22.1. The Morgan fingerprint density at radius 1 is 1.11 bits per heavy atom. The number of thiazole rings is 1. The number of carbonyl (C=O) groups is 1. The molecule has 28 heavy (non-hydrogen) atoms. The van der Waals surface area contributed by atoms with Gasteiger partial charge in [-0.25, -0.2) is 4.98 Å². The Morgan fingerprint density at radius 3 is 2.50 bits per heavy atom. The van der Waals surface area contributed by atoms with Crippen LogP contribution in [0.3, 0.4) is 0 Å². The quantitative estimate of drug-likeness (QED) is 0.452. The molecule has 1 aromatic heterocycles. The number of hydrogen-bond donors (Lipinski definition) is 0. The van der Waals surface area contributed by atoms with E-state index in [-0.39, 0.29) is 18.3 Å². The van der Waals surface area contributed by atoms with Gasteiger partial charge in [0, 0.05) is 11.0 Å². The second kappa shape index (κ2) is 9.83. The first-order chi connectivity index (χ1) is 12.9. The van der Waals surface area contributed by atoms with E-state index in [0.29, 0.717) is 12.1 Å². The number of nitrogens with zero attached hydrogens (tertiary/aromatic N) is 3. The predicted octanol–water partition coefficient (Wildman–Crippen LogP) is 5.70. The highest BCUT2D eigenvalue weighted by Gasteiger charge is 2.23. The number of aromatic nitrogens is 1. The van der Waals surface area contributed by atoms with E-state index in [4.69, 9.17) is 4.98 Å². The van der Waals surface area contributed by atoms with Crippen LogP contribution in [0, 0.1) is 13.8 Å². The molecule has 3 rings (SSSR count). The largest absolute Gasteiger partial charge is 0.309 e. The Balaban J connectivity index is 0.00000280. The molecule has 150 valence electrons. The molecule has 0 aliphatic rings. The lowest BCUT2D eigenvalue weighted by molar-refractivity contribution is 0.0985. The van der Waals surface area contributed by atoms with Gasteiger partial charge >= 0.3 is 0 Å². The molecule has 0 aliphatic carbocycles. The van der Waals surface area contributed by atoms with Crippen LogP contribution in [-0.2, 0) is 0 Å². The van der Waals surface area contributed by atoms with Crippen LogP contribution in [0.4, 0.5) is 5.13 Å². The Labute approximate surface area is 185 Å². The maximum Gasteiger partial charge on any atom is 0.261 e. The van der Waals surface area contributed by atoms with Crippen LogP contribution >= 0.6 is 39.7 Å². The van der Waals surface area contributed by atoms with Gasteiger partial charge in [0.15, 0.2) is 5.13 Å². The van der Waals surface area contributed by atoms with Gasteiger partial charge in [0.1, 0.15) is 0 Å². The van der Waals surface area contributed by atoms with Gasteiger partial charge in [-0.3, -0.25) is 9.69 Å². The Hall–Kier alpha value is -1.47. The summed E-state index contributed by atoms with van der Waals surface area (Å²) in [6.45, 7) is 5.74. The monoisotopic (exact) mass is 481 g/mol. The standard InChI is InChI=1S/C21H24BrN3OS.ClH/c1-14-10-11-18-19(15(14)2)23-21(27-18)25(13-7-12-24(3)4)20(26)16-8-5-6-9-17(16)22;/h5-6,8-11H,7,12-13H2,1-4H3;1H. The lowest BCUT2D eigenvalue weighted by Gasteiger charge is -2.21. The van der Waals surface area contributed by atoms with Crippen molar-refractivity contribution in [1.29, 1.82) is 0 Å². The predicted molar refractivity (Wildman–Crippen MR) is 125 cm³/mol. The maximum absolute atomic E-state index is 13.3. The van der Waals surface area contributed by atoms with Crippen molar-refractivity contribution >= 4 is 60.9 Å². The minimum Gasteiger partial charge on any atom is -0.309 e. The summed E-state index contributed by atoms with van der Waals surface area (Å²) in [6.07, 6.45) is 0.886. The van der Waals surface area contributed by atoms with Crippen LogP contribution in [-0.4, -0.2) is 43.0 Å². The number of halogens is 2. The number of rotatable bonds is 6. The van der Waals surface area contributed by atoms with Gasteiger partial charge in [-0.15, -0.1) is 12.4 Å². The number of amides is 1. The summed E-state index contributed by atoms with van der Waals surface area (Å²) in [6, 6.07) is 11.8. The molecule has 0 bridgehead atoms. The summed E-state index contributed by atoms with van der Waals surface area (Å²) < 4.78 is 1.92. The first kappa shape index (κ1) is 22.8. The van der Waals surface area contributed by atoms with Gasteiger partial charge in [-0.1, -0.05) is 29.5 Å². The molecule has 0 aliphatic heterocycles. The van der Waals surface area contributed by atoms with E-state index in [2.05, 4.69) is 46.8 Å². The zero-order chi connectivity index (χ0) is 19.6. The van der Waals surface area contributed by atoms with Crippen LogP contribution in [0.15, 0.2) is 40.9 Å². The van der Waals surface area contributed by atoms with Crippen molar-refractivity contribution in [2.75, 3.05) is 32.1 Å². The number of aryl methyl sites for hydroxylation is 2. The average Bonchev–Trinajstić information content (AvgIpc) is 3.06. The molecule has 1 heterocycles. The van der Waals surface area contributed by atoms with E-state index in [9.17, 15) is 4.79 Å². The molecule has 3 aromatic rings. The topological polar surface area (TPSA) is 36.4 Å². The van der Waals surface area contributed by atoms with Crippen LogP contribution in [0.5, 0.6) is 0 Å². The molecule has 0 radical (unpaired) electrons. The van der Waals surface area contributed by atoms with E-state index in [1.807, 2.05) is 43.3 Å². The van der Waals surface area contributed by atoms with Crippen LogP contribution < -0.4 is 4.90 Å². The van der Waals surface area contributed by atoms with Crippen LogP contribution in [0.2, 0.25) is 0 Å². The zero-order valence-electron chi connectivity index (χ0n) is 16.5. The number of carbonyl (C=O) groups excluding carboxylic acids is 1. The minimum atomic E-state index is -0.0188. The van der Waals surface area contributed by atoms with Crippen molar-refractivity contribution in [3.8, 4) is 0 Å². The maximum atomic E-state index is 13.3. The van der Waals surface area contributed by atoms with Gasteiger partial charge in [0.05, 0.1) is 15.8 Å². The fraction of sp³-hybridized carbons (Fsp3) is 0.333. The zero-order valence-corrected chi connectivity index (χ0v) is 19.7. The molecule has 0 saturated carbocycles. The second-order valence-corrected chi connectivity index (χ2v) is 8.81. The molecule has 0 N–H and O–H groups in total. The molecule has 1 amide bonds. The lowest BCUT2D eigenvalue weighted by Crippen LogP contribution is -2.33. The van der Waals surface area contributed by atoms with Gasteiger partial charge < -0.3 is 4.90 Å². The molecular formula is C21H25BrClN3OS. The second-order valence-electron chi connectivity index (χ2n) is 6.94. The van der Waals surface area contributed by atoms with Crippen molar-refractivity contribution in [3.63, 3.8) is 0 Å². The smallest absolute Gasteiger partial charge is 0.261 e. The van der Waals surface area contributed by atoms with Crippen molar-refractivity contribution in [2.45, 2.75) is 20.3 Å². The van der Waals surface area contributed by atoms with E-state index in [1.54, 1.807) is 11.3 Å². The van der Waals surface area contributed by atoms with Crippen LogP contribution in [0.1, 0.15) is 27.9 Å². The molecule has 2 aromatic carbocycles. The Kier molecular flexibility index (Phi) is 8.01. The Morgan fingerprint density at radius 2 is 1.82 bits per heavy atom. The summed E-state index contributed by atoms with van der Waals surface area (Å²) in [5, 5.41) is 0.762. The Bertz CT molecular complexity index is 973. The summed E-state index contributed by atoms with van der Waals surface area (Å²) in [7, 11) is 4.09. The van der Waals surface area contributed by atoms with Crippen LogP contribution in [0.25, 0.3) is 10.2 Å². The van der Waals surface area contributed by atoms with E-state index in [1.165, 1.54) is 11.1 Å². The molecule has 0 spiro atoms. The third-order valence-corrected chi connectivity index (χ3v) is 6.38. The average molecular weight is 483 g/mol. The molecule has 4 nitrogen and oxygen atoms in total. The number of fused-ring (bicyclic) bond motifs is 1. The summed E-state index contributed by atoms with van der Waals surface area (Å²) in [5.41, 5.74) is 4.05. The van der Waals surface area contributed by atoms with Gasteiger partial charge in [0.25, 0.3) is 5.91 Å².